The highest BCUT2D eigenvalue weighted by Gasteiger charge is 2.42. The fourth-order valence-electron chi connectivity index (χ4n) is 3.42. The monoisotopic (exact) mass is 415 g/mol. The Hall–Kier alpha value is -2.45. The number of aryl methyl sites for hydroxylation is 1. The van der Waals surface area contributed by atoms with Crippen LogP contribution in [-0.4, -0.2) is 51.4 Å². The first-order valence-electron chi connectivity index (χ1n) is 10.6. The second-order valence-electron chi connectivity index (χ2n) is 9.30. The van der Waals surface area contributed by atoms with E-state index in [-0.39, 0.29) is 18.4 Å². The Morgan fingerprint density at radius 1 is 1.27 bits per heavy atom. The highest BCUT2D eigenvalue weighted by atomic mass is 16.3. The van der Waals surface area contributed by atoms with Crippen molar-refractivity contribution in [1.82, 2.24) is 20.4 Å². The van der Waals surface area contributed by atoms with Crippen molar-refractivity contribution in [1.29, 1.82) is 0 Å². The number of nitrogens with two attached hydrogens (primary N) is 1. The SMILES string of the molecule is CC(C)(C)C(NC(=O)c1nn(CCCCN)c2ccccc12)C(=O)NCC1(O)CC1. The number of unbranched alkanes of at least 4 members (excludes halogenated alkanes) is 1. The third-order valence-electron chi connectivity index (χ3n) is 5.52. The van der Waals surface area contributed by atoms with Gasteiger partial charge in [-0.05, 0) is 43.7 Å². The lowest BCUT2D eigenvalue weighted by molar-refractivity contribution is -0.126. The first-order valence-corrected chi connectivity index (χ1v) is 10.6. The number of hydrogen-bond donors (Lipinski definition) is 4. The van der Waals surface area contributed by atoms with E-state index in [2.05, 4.69) is 15.7 Å². The highest BCUT2D eigenvalue weighted by molar-refractivity contribution is 6.06. The normalized spacial score (nSPS) is 16.3. The Labute approximate surface area is 177 Å². The molecule has 2 aromatic rings. The molecule has 1 heterocycles. The summed E-state index contributed by atoms with van der Waals surface area (Å²) >= 11 is 0. The molecular formula is C22H33N5O3. The molecule has 1 aromatic carbocycles. The quantitative estimate of drug-likeness (QED) is 0.463. The Morgan fingerprint density at radius 3 is 2.60 bits per heavy atom. The number of carbonyl (C=O) groups excluding carboxylic acids is 2. The number of para-hydroxylation sites is 1. The van der Waals surface area contributed by atoms with Gasteiger partial charge in [-0.3, -0.25) is 14.3 Å². The Bertz CT molecular complexity index is 911. The van der Waals surface area contributed by atoms with Crippen molar-refractivity contribution >= 4 is 22.7 Å². The number of amides is 2. The van der Waals surface area contributed by atoms with Crippen molar-refractivity contribution in [2.24, 2.45) is 11.1 Å². The molecule has 0 spiro atoms. The maximum atomic E-state index is 13.1. The van der Waals surface area contributed by atoms with Gasteiger partial charge in [0.2, 0.25) is 5.91 Å². The smallest absolute Gasteiger partial charge is 0.273 e. The number of rotatable bonds is 9. The molecule has 8 nitrogen and oxygen atoms in total. The van der Waals surface area contributed by atoms with Crippen LogP contribution in [0.3, 0.4) is 0 Å². The number of nitrogens with one attached hydrogen (secondary N) is 2. The van der Waals surface area contributed by atoms with Gasteiger partial charge >= 0.3 is 0 Å². The van der Waals surface area contributed by atoms with Gasteiger partial charge in [0, 0.05) is 18.5 Å². The molecule has 0 bridgehead atoms. The highest BCUT2D eigenvalue weighted by Crippen LogP contribution is 2.34. The van der Waals surface area contributed by atoms with E-state index in [1.165, 1.54) is 0 Å². The second-order valence-corrected chi connectivity index (χ2v) is 9.30. The molecule has 0 saturated heterocycles. The van der Waals surface area contributed by atoms with Crippen LogP contribution in [0, 0.1) is 5.41 Å². The summed E-state index contributed by atoms with van der Waals surface area (Å²) in [6.45, 7) is 7.18. The molecule has 1 aliphatic rings. The summed E-state index contributed by atoms with van der Waals surface area (Å²) in [6, 6.07) is 6.83. The summed E-state index contributed by atoms with van der Waals surface area (Å²) in [5, 5.41) is 21.0. The van der Waals surface area contributed by atoms with Crippen molar-refractivity contribution in [2.45, 2.75) is 64.6 Å². The van der Waals surface area contributed by atoms with Crippen LogP contribution in [0.15, 0.2) is 24.3 Å². The number of aromatic nitrogens is 2. The van der Waals surface area contributed by atoms with Crippen molar-refractivity contribution < 1.29 is 14.7 Å². The molecular weight excluding hydrogens is 382 g/mol. The molecule has 0 radical (unpaired) electrons. The number of aliphatic hydroxyl groups is 1. The van der Waals surface area contributed by atoms with E-state index in [4.69, 9.17) is 5.73 Å². The van der Waals surface area contributed by atoms with Crippen LogP contribution in [0.4, 0.5) is 0 Å². The summed E-state index contributed by atoms with van der Waals surface area (Å²) in [5.41, 5.74) is 5.48. The van der Waals surface area contributed by atoms with Crippen LogP contribution in [0.1, 0.15) is 56.9 Å². The van der Waals surface area contributed by atoms with Crippen LogP contribution >= 0.6 is 0 Å². The second kappa shape index (κ2) is 8.73. The van der Waals surface area contributed by atoms with Crippen LogP contribution in [0.5, 0.6) is 0 Å². The summed E-state index contributed by atoms with van der Waals surface area (Å²) in [4.78, 5) is 25.9. The molecule has 8 heteroatoms. The van der Waals surface area contributed by atoms with Gasteiger partial charge in [0.05, 0.1) is 11.1 Å². The lowest BCUT2D eigenvalue weighted by Gasteiger charge is -2.30. The lowest BCUT2D eigenvalue weighted by Crippen LogP contribution is -2.54. The maximum absolute atomic E-state index is 13.1. The first-order chi connectivity index (χ1) is 14.1. The predicted octanol–water partition coefficient (Wildman–Crippen LogP) is 1.56. The van der Waals surface area contributed by atoms with Gasteiger partial charge in [-0.1, -0.05) is 39.0 Å². The van der Waals surface area contributed by atoms with Gasteiger partial charge in [-0.25, -0.2) is 0 Å². The molecule has 1 atom stereocenters. The zero-order valence-electron chi connectivity index (χ0n) is 18.1. The van der Waals surface area contributed by atoms with Crippen LogP contribution in [0.25, 0.3) is 10.9 Å². The standard InChI is InChI=1S/C22H33N5O3/c1-21(2,3)18(20(29)24-14-22(30)10-11-22)25-19(28)17-15-8-4-5-9-16(15)27(26-17)13-7-6-12-23/h4-5,8-9,18,30H,6-7,10-14,23H2,1-3H3,(H,24,29)(H,25,28). The predicted molar refractivity (Wildman–Crippen MR) is 116 cm³/mol. The molecule has 5 N–H and O–H groups in total. The Balaban J connectivity index is 1.79. The van der Waals surface area contributed by atoms with E-state index in [0.717, 1.165) is 23.7 Å². The molecule has 3 rings (SSSR count). The number of fused-ring (bicyclic) bond motifs is 1. The molecule has 1 unspecified atom stereocenters. The van der Waals surface area contributed by atoms with Gasteiger partial charge in [0.25, 0.3) is 5.91 Å². The minimum Gasteiger partial charge on any atom is -0.388 e. The molecule has 1 saturated carbocycles. The van der Waals surface area contributed by atoms with E-state index in [1.807, 2.05) is 49.7 Å². The van der Waals surface area contributed by atoms with Crippen molar-refractivity contribution in [3.05, 3.63) is 30.0 Å². The summed E-state index contributed by atoms with van der Waals surface area (Å²) in [5.74, 6) is -0.688. The summed E-state index contributed by atoms with van der Waals surface area (Å²) in [7, 11) is 0. The van der Waals surface area contributed by atoms with Gasteiger partial charge in [-0.15, -0.1) is 0 Å². The van der Waals surface area contributed by atoms with Gasteiger partial charge in [0.15, 0.2) is 5.69 Å². The van der Waals surface area contributed by atoms with Crippen LogP contribution < -0.4 is 16.4 Å². The summed E-state index contributed by atoms with van der Waals surface area (Å²) < 4.78 is 1.83. The number of nitrogens with zero attached hydrogens (tertiary/aromatic N) is 2. The van der Waals surface area contributed by atoms with Gasteiger partial charge < -0.3 is 21.5 Å². The number of hydrogen-bond acceptors (Lipinski definition) is 5. The van der Waals surface area contributed by atoms with Crippen LogP contribution in [0.2, 0.25) is 0 Å². The van der Waals surface area contributed by atoms with E-state index in [0.29, 0.717) is 31.6 Å². The zero-order valence-corrected chi connectivity index (χ0v) is 18.1. The molecule has 164 valence electrons. The molecule has 0 aliphatic heterocycles. The zero-order chi connectivity index (χ0) is 21.9. The third-order valence-corrected chi connectivity index (χ3v) is 5.52. The molecule has 30 heavy (non-hydrogen) atoms. The molecule has 1 aromatic heterocycles. The summed E-state index contributed by atoms with van der Waals surface area (Å²) in [6.07, 6.45) is 3.13. The van der Waals surface area contributed by atoms with Crippen molar-refractivity contribution in [3.8, 4) is 0 Å². The minimum absolute atomic E-state index is 0.201. The maximum Gasteiger partial charge on any atom is 0.273 e. The average molecular weight is 416 g/mol. The molecule has 1 fully saturated rings. The fraction of sp³-hybridized carbons (Fsp3) is 0.591. The Morgan fingerprint density at radius 2 is 1.97 bits per heavy atom. The lowest BCUT2D eigenvalue weighted by atomic mass is 9.86. The first kappa shape index (κ1) is 22.2. The van der Waals surface area contributed by atoms with Crippen LogP contribution in [-0.2, 0) is 11.3 Å². The molecule has 2 amide bonds. The molecule has 1 aliphatic carbocycles. The van der Waals surface area contributed by atoms with Crippen molar-refractivity contribution in [2.75, 3.05) is 13.1 Å². The topological polar surface area (TPSA) is 122 Å². The van der Waals surface area contributed by atoms with Gasteiger partial charge in [-0.2, -0.15) is 5.10 Å². The van der Waals surface area contributed by atoms with E-state index in [9.17, 15) is 14.7 Å². The average Bonchev–Trinajstić information content (AvgIpc) is 3.32. The largest absolute Gasteiger partial charge is 0.388 e. The van der Waals surface area contributed by atoms with Crippen molar-refractivity contribution in [3.63, 3.8) is 0 Å². The number of benzene rings is 1. The minimum atomic E-state index is -0.791. The van der Waals surface area contributed by atoms with E-state index < -0.39 is 17.1 Å². The van der Waals surface area contributed by atoms with E-state index >= 15 is 0 Å². The fourth-order valence-corrected chi connectivity index (χ4v) is 3.42. The third kappa shape index (κ3) is 5.17. The van der Waals surface area contributed by atoms with E-state index in [1.54, 1.807) is 0 Å². The Kier molecular flexibility index (Phi) is 6.47. The van der Waals surface area contributed by atoms with Gasteiger partial charge in [0.1, 0.15) is 6.04 Å². The number of carbonyl (C=O) groups is 2.